The van der Waals surface area contributed by atoms with E-state index in [1.807, 2.05) is 0 Å². The van der Waals surface area contributed by atoms with Crippen molar-refractivity contribution in [3.05, 3.63) is 36.5 Å². The number of ether oxygens (including phenoxy) is 1. The second kappa shape index (κ2) is 5.11. The highest BCUT2D eigenvalue weighted by Crippen LogP contribution is 2.23. The Balaban J connectivity index is 2.34. The van der Waals surface area contributed by atoms with Crippen LogP contribution in [0.15, 0.2) is 41.4 Å². The van der Waals surface area contributed by atoms with Crippen molar-refractivity contribution in [3.8, 4) is 5.75 Å². The molecular weight excluding hydrogens is 268 g/mol. The van der Waals surface area contributed by atoms with Gasteiger partial charge in [-0.2, -0.15) is 5.10 Å². The number of benzene rings is 1. The van der Waals surface area contributed by atoms with Gasteiger partial charge in [-0.25, -0.2) is 8.42 Å². The molecule has 1 heterocycles. The van der Waals surface area contributed by atoms with Crippen molar-refractivity contribution in [1.29, 1.82) is 0 Å². The molecule has 0 fully saturated rings. The second-order valence-electron chi connectivity index (χ2n) is 3.62. The summed E-state index contributed by atoms with van der Waals surface area (Å²) in [6.45, 7) is 0. The summed E-state index contributed by atoms with van der Waals surface area (Å²) in [4.78, 5) is 0.0782. The fourth-order valence-electron chi connectivity index (χ4n) is 1.39. The SMILES string of the molecule is COc1ccnnc1NS(=O)(=O)c1ccc(N)cc1. The van der Waals surface area contributed by atoms with Crippen LogP contribution in [0.25, 0.3) is 0 Å². The zero-order valence-corrected chi connectivity index (χ0v) is 10.9. The van der Waals surface area contributed by atoms with Gasteiger partial charge in [0.1, 0.15) is 0 Å². The first kappa shape index (κ1) is 13.1. The van der Waals surface area contributed by atoms with Gasteiger partial charge < -0.3 is 10.5 Å². The lowest BCUT2D eigenvalue weighted by molar-refractivity contribution is 0.414. The standard InChI is InChI=1S/C11H12N4O3S/c1-18-10-6-7-13-14-11(10)15-19(16,17)9-4-2-8(12)3-5-9/h2-7H,12H2,1H3,(H,14,15). The average Bonchev–Trinajstić information content (AvgIpc) is 2.39. The summed E-state index contributed by atoms with van der Waals surface area (Å²) < 4.78 is 31.5. The van der Waals surface area contributed by atoms with Crippen molar-refractivity contribution in [2.75, 3.05) is 17.6 Å². The molecule has 2 aromatic rings. The highest BCUT2D eigenvalue weighted by Gasteiger charge is 2.17. The summed E-state index contributed by atoms with van der Waals surface area (Å²) in [6.07, 6.45) is 1.40. The van der Waals surface area contributed by atoms with E-state index in [9.17, 15) is 8.42 Å². The first-order valence-corrected chi connectivity index (χ1v) is 6.75. The van der Waals surface area contributed by atoms with Gasteiger partial charge in [0.2, 0.25) is 5.82 Å². The first-order valence-electron chi connectivity index (χ1n) is 5.27. The number of nitrogens with zero attached hydrogens (tertiary/aromatic N) is 2. The van der Waals surface area contributed by atoms with Gasteiger partial charge in [-0.1, -0.05) is 0 Å². The molecule has 100 valence electrons. The number of methoxy groups -OCH3 is 1. The number of aromatic nitrogens is 2. The number of nitrogens with one attached hydrogen (secondary N) is 1. The molecule has 0 aliphatic rings. The van der Waals surface area contributed by atoms with E-state index in [1.165, 1.54) is 43.6 Å². The van der Waals surface area contributed by atoms with Crippen LogP contribution >= 0.6 is 0 Å². The predicted octanol–water partition coefficient (Wildman–Crippen LogP) is 0.868. The summed E-state index contributed by atoms with van der Waals surface area (Å²) in [5.74, 6) is 0.316. The average molecular weight is 280 g/mol. The normalized spacial score (nSPS) is 11.0. The van der Waals surface area contributed by atoms with Crippen molar-refractivity contribution in [2.45, 2.75) is 4.90 Å². The van der Waals surface area contributed by atoms with E-state index in [0.717, 1.165) is 0 Å². The molecule has 0 spiro atoms. The Bertz CT molecular complexity index is 671. The number of hydrogen-bond acceptors (Lipinski definition) is 6. The molecule has 0 bridgehead atoms. The highest BCUT2D eigenvalue weighted by molar-refractivity contribution is 7.92. The van der Waals surface area contributed by atoms with Crippen LogP contribution in [0.2, 0.25) is 0 Å². The van der Waals surface area contributed by atoms with Gasteiger partial charge in [0.25, 0.3) is 10.0 Å². The van der Waals surface area contributed by atoms with Gasteiger partial charge in [0.15, 0.2) is 5.75 Å². The van der Waals surface area contributed by atoms with Crippen LogP contribution < -0.4 is 15.2 Å². The minimum absolute atomic E-state index is 0.0295. The van der Waals surface area contributed by atoms with E-state index >= 15 is 0 Å². The van der Waals surface area contributed by atoms with Crippen molar-refractivity contribution >= 4 is 21.5 Å². The van der Waals surface area contributed by atoms with Crippen molar-refractivity contribution in [2.24, 2.45) is 0 Å². The Kier molecular flexibility index (Phi) is 3.52. The fraction of sp³-hybridized carbons (Fsp3) is 0.0909. The van der Waals surface area contributed by atoms with Crippen molar-refractivity contribution in [1.82, 2.24) is 10.2 Å². The van der Waals surface area contributed by atoms with Crippen LogP contribution in [-0.2, 0) is 10.0 Å². The third-order valence-electron chi connectivity index (χ3n) is 2.33. The third kappa shape index (κ3) is 2.91. The van der Waals surface area contributed by atoms with E-state index in [0.29, 0.717) is 5.69 Å². The molecule has 8 heteroatoms. The highest BCUT2D eigenvalue weighted by atomic mass is 32.2. The van der Waals surface area contributed by atoms with Crippen LogP contribution in [0.5, 0.6) is 5.75 Å². The number of anilines is 2. The maximum absolute atomic E-state index is 12.1. The summed E-state index contributed by atoms with van der Waals surface area (Å²) in [6, 6.07) is 7.32. The van der Waals surface area contributed by atoms with E-state index < -0.39 is 10.0 Å². The molecule has 7 nitrogen and oxygen atoms in total. The molecule has 0 unspecified atom stereocenters. The Morgan fingerprint density at radius 3 is 2.53 bits per heavy atom. The summed E-state index contributed by atoms with van der Waals surface area (Å²) >= 11 is 0. The number of nitrogens with two attached hydrogens (primary N) is 1. The molecule has 0 saturated carbocycles. The number of sulfonamides is 1. The van der Waals surface area contributed by atoms with Crippen molar-refractivity contribution in [3.63, 3.8) is 0 Å². The maximum Gasteiger partial charge on any atom is 0.263 e. The molecule has 0 aliphatic heterocycles. The molecule has 0 saturated heterocycles. The smallest absolute Gasteiger partial charge is 0.263 e. The Morgan fingerprint density at radius 1 is 1.21 bits per heavy atom. The second-order valence-corrected chi connectivity index (χ2v) is 5.31. The van der Waals surface area contributed by atoms with Gasteiger partial charge in [0, 0.05) is 11.8 Å². The Morgan fingerprint density at radius 2 is 1.89 bits per heavy atom. The van der Waals surface area contributed by atoms with E-state index in [4.69, 9.17) is 10.5 Å². The quantitative estimate of drug-likeness (QED) is 0.805. The van der Waals surface area contributed by atoms with Crippen LogP contribution in [0, 0.1) is 0 Å². The van der Waals surface area contributed by atoms with Gasteiger partial charge in [0.05, 0.1) is 18.2 Å². The molecule has 0 aliphatic carbocycles. The first-order chi connectivity index (χ1) is 9.03. The summed E-state index contributed by atoms with van der Waals surface area (Å²) in [7, 11) is -2.34. The van der Waals surface area contributed by atoms with Gasteiger partial charge in [-0.3, -0.25) is 4.72 Å². The monoisotopic (exact) mass is 280 g/mol. The maximum atomic E-state index is 12.1. The Hall–Kier alpha value is -2.35. The lowest BCUT2D eigenvalue weighted by atomic mass is 10.3. The lowest BCUT2D eigenvalue weighted by Gasteiger charge is -2.09. The van der Waals surface area contributed by atoms with Gasteiger partial charge in [-0.05, 0) is 24.3 Å². The van der Waals surface area contributed by atoms with Crippen LogP contribution in [-0.4, -0.2) is 25.7 Å². The van der Waals surface area contributed by atoms with E-state index in [1.54, 1.807) is 0 Å². The molecular formula is C11H12N4O3S. The molecule has 3 N–H and O–H groups in total. The fourth-order valence-corrected chi connectivity index (χ4v) is 2.40. The van der Waals surface area contributed by atoms with Crippen LogP contribution in [0.4, 0.5) is 11.5 Å². The van der Waals surface area contributed by atoms with Crippen LogP contribution in [0.3, 0.4) is 0 Å². The molecule has 1 aromatic heterocycles. The van der Waals surface area contributed by atoms with Gasteiger partial charge in [-0.15, -0.1) is 5.10 Å². The number of hydrogen-bond donors (Lipinski definition) is 2. The minimum atomic E-state index is -3.75. The van der Waals surface area contributed by atoms with Crippen molar-refractivity contribution < 1.29 is 13.2 Å². The largest absolute Gasteiger partial charge is 0.493 e. The van der Waals surface area contributed by atoms with Crippen LogP contribution in [0.1, 0.15) is 0 Å². The number of rotatable bonds is 4. The third-order valence-corrected chi connectivity index (χ3v) is 3.68. The number of nitrogen functional groups attached to an aromatic ring is 1. The predicted molar refractivity (Wildman–Crippen MR) is 70.2 cm³/mol. The summed E-state index contributed by atoms with van der Waals surface area (Å²) in [5.41, 5.74) is 5.99. The molecule has 1 aromatic carbocycles. The topological polar surface area (TPSA) is 107 Å². The van der Waals surface area contributed by atoms with Gasteiger partial charge >= 0.3 is 0 Å². The molecule has 0 amide bonds. The molecule has 19 heavy (non-hydrogen) atoms. The Labute approximate surface area is 110 Å². The molecule has 0 atom stereocenters. The van der Waals surface area contributed by atoms with E-state index in [-0.39, 0.29) is 16.5 Å². The zero-order chi connectivity index (χ0) is 13.9. The molecule has 2 rings (SSSR count). The van der Waals surface area contributed by atoms with E-state index in [2.05, 4.69) is 14.9 Å². The minimum Gasteiger partial charge on any atom is -0.493 e. The summed E-state index contributed by atoms with van der Waals surface area (Å²) in [5, 5.41) is 7.30. The zero-order valence-electron chi connectivity index (χ0n) is 10.1. The lowest BCUT2D eigenvalue weighted by Crippen LogP contribution is -2.15. The molecule has 0 radical (unpaired) electrons.